The fraction of sp³-hybridized carbons (Fsp3) is 0.130. The lowest BCUT2D eigenvalue weighted by molar-refractivity contribution is -0.125. The SMILES string of the molecule is N#Cc1ccc(NC(=O)c2nccnc2C(=O)Nc2ccc(N3CCOCC3=O)cc2)cc1. The zero-order chi connectivity index (χ0) is 23.2. The molecule has 33 heavy (non-hydrogen) atoms. The minimum Gasteiger partial charge on any atom is -0.370 e. The van der Waals surface area contributed by atoms with Crippen molar-refractivity contribution in [1.29, 1.82) is 5.26 Å². The van der Waals surface area contributed by atoms with Crippen LogP contribution in [-0.2, 0) is 9.53 Å². The number of amides is 3. The number of hydrogen-bond donors (Lipinski definition) is 2. The number of carbonyl (C=O) groups is 3. The normalized spacial score (nSPS) is 13.2. The molecule has 0 atom stereocenters. The molecular formula is C23H18N6O4. The Morgan fingerprint density at radius 3 is 1.97 bits per heavy atom. The largest absolute Gasteiger partial charge is 0.370 e. The molecule has 0 saturated carbocycles. The average Bonchev–Trinajstić information content (AvgIpc) is 2.85. The third kappa shape index (κ3) is 5.00. The second kappa shape index (κ2) is 9.67. The molecule has 1 aromatic heterocycles. The maximum Gasteiger partial charge on any atom is 0.276 e. The van der Waals surface area contributed by atoms with Crippen molar-refractivity contribution in [2.45, 2.75) is 0 Å². The minimum absolute atomic E-state index is 0.0402. The Labute approximate surface area is 188 Å². The molecule has 0 radical (unpaired) electrons. The van der Waals surface area contributed by atoms with E-state index in [0.29, 0.717) is 35.8 Å². The topological polar surface area (TPSA) is 137 Å². The molecule has 1 saturated heterocycles. The van der Waals surface area contributed by atoms with Crippen molar-refractivity contribution >= 4 is 34.8 Å². The highest BCUT2D eigenvalue weighted by molar-refractivity contribution is 6.13. The van der Waals surface area contributed by atoms with Crippen molar-refractivity contribution in [1.82, 2.24) is 9.97 Å². The maximum atomic E-state index is 12.8. The zero-order valence-corrected chi connectivity index (χ0v) is 17.3. The number of carbonyl (C=O) groups excluding carboxylic acids is 3. The Hall–Kier alpha value is -4.62. The number of ether oxygens (including phenoxy) is 1. The van der Waals surface area contributed by atoms with Crippen LogP contribution >= 0.6 is 0 Å². The molecule has 0 spiro atoms. The summed E-state index contributed by atoms with van der Waals surface area (Å²) in [7, 11) is 0. The summed E-state index contributed by atoms with van der Waals surface area (Å²) >= 11 is 0. The summed E-state index contributed by atoms with van der Waals surface area (Å²) in [5, 5.41) is 14.2. The van der Waals surface area contributed by atoms with E-state index in [-0.39, 0.29) is 23.9 Å². The molecule has 2 heterocycles. The van der Waals surface area contributed by atoms with E-state index in [1.165, 1.54) is 12.4 Å². The highest BCUT2D eigenvalue weighted by Gasteiger charge is 2.22. The first-order valence-electron chi connectivity index (χ1n) is 9.97. The molecule has 10 nitrogen and oxygen atoms in total. The predicted molar refractivity (Wildman–Crippen MR) is 119 cm³/mol. The molecule has 3 amide bonds. The number of nitrogens with one attached hydrogen (secondary N) is 2. The van der Waals surface area contributed by atoms with Gasteiger partial charge in [0.1, 0.15) is 6.61 Å². The van der Waals surface area contributed by atoms with Crippen LogP contribution in [0.5, 0.6) is 0 Å². The molecule has 2 N–H and O–H groups in total. The predicted octanol–water partition coefficient (Wildman–Crippen LogP) is 2.22. The van der Waals surface area contributed by atoms with E-state index in [4.69, 9.17) is 10.00 Å². The van der Waals surface area contributed by atoms with Crippen molar-refractivity contribution in [2.24, 2.45) is 0 Å². The van der Waals surface area contributed by atoms with Crippen LogP contribution in [0, 0.1) is 11.3 Å². The van der Waals surface area contributed by atoms with Gasteiger partial charge in [-0.3, -0.25) is 14.4 Å². The van der Waals surface area contributed by atoms with E-state index in [1.807, 2.05) is 6.07 Å². The summed E-state index contributed by atoms with van der Waals surface area (Å²) in [5.41, 5.74) is 1.78. The molecule has 0 bridgehead atoms. The van der Waals surface area contributed by atoms with Gasteiger partial charge in [0.05, 0.1) is 18.2 Å². The first-order valence-corrected chi connectivity index (χ1v) is 9.97. The van der Waals surface area contributed by atoms with Gasteiger partial charge in [-0.25, -0.2) is 9.97 Å². The number of anilines is 3. The molecule has 3 aromatic rings. The highest BCUT2D eigenvalue weighted by atomic mass is 16.5. The van der Waals surface area contributed by atoms with E-state index in [1.54, 1.807) is 53.4 Å². The Morgan fingerprint density at radius 2 is 1.45 bits per heavy atom. The second-order valence-corrected chi connectivity index (χ2v) is 7.00. The third-order valence-electron chi connectivity index (χ3n) is 4.82. The van der Waals surface area contributed by atoms with Gasteiger partial charge >= 0.3 is 0 Å². The Bertz CT molecular complexity index is 1240. The van der Waals surface area contributed by atoms with Crippen molar-refractivity contribution in [3.8, 4) is 6.07 Å². The van der Waals surface area contributed by atoms with E-state index >= 15 is 0 Å². The Balaban J connectivity index is 1.47. The quantitative estimate of drug-likeness (QED) is 0.618. The van der Waals surface area contributed by atoms with Gasteiger partial charge in [-0.2, -0.15) is 5.26 Å². The number of morpholine rings is 1. The fourth-order valence-corrected chi connectivity index (χ4v) is 3.19. The van der Waals surface area contributed by atoms with Crippen LogP contribution in [0.2, 0.25) is 0 Å². The number of rotatable bonds is 5. The molecule has 0 unspecified atom stereocenters. The maximum absolute atomic E-state index is 12.8. The van der Waals surface area contributed by atoms with Crippen LogP contribution in [0.1, 0.15) is 26.5 Å². The Kier molecular flexibility index (Phi) is 6.33. The summed E-state index contributed by atoms with van der Waals surface area (Å²) < 4.78 is 5.13. The summed E-state index contributed by atoms with van der Waals surface area (Å²) in [6, 6.07) is 15.0. The standard InChI is InChI=1S/C23H18N6O4/c24-13-15-1-3-16(4-2-15)27-22(31)20-21(26-10-9-25-20)23(32)28-17-5-7-18(8-6-17)29-11-12-33-14-19(29)30/h1-10H,11-12,14H2,(H,27,31)(H,28,32). The van der Waals surface area contributed by atoms with Crippen LogP contribution in [-0.4, -0.2) is 47.4 Å². The van der Waals surface area contributed by atoms with Crippen molar-refractivity contribution < 1.29 is 19.1 Å². The molecule has 2 aromatic carbocycles. The van der Waals surface area contributed by atoms with Crippen LogP contribution in [0.3, 0.4) is 0 Å². The van der Waals surface area contributed by atoms with Crippen LogP contribution in [0.25, 0.3) is 0 Å². The average molecular weight is 442 g/mol. The molecule has 4 rings (SSSR count). The summed E-state index contributed by atoms with van der Waals surface area (Å²) in [5.74, 6) is -1.35. The summed E-state index contributed by atoms with van der Waals surface area (Å²) in [6.07, 6.45) is 2.64. The van der Waals surface area contributed by atoms with Crippen LogP contribution in [0.15, 0.2) is 60.9 Å². The minimum atomic E-state index is -0.612. The molecule has 1 aliphatic rings. The van der Waals surface area contributed by atoms with E-state index < -0.39 is 11.8 Å². The van der Waals surface area contributed by atoms with Crippen LogP contribution < -0.4 is 15.5 Å². The van der Waals surface area contributed by atoms with Gasteiger partial charge in [0.15, 0.2) is 11.4 Å². The van der Waals surface area contributed by atoms with Gasteiger partial charge in [0.2, 0.25) is 0 Å². The summed E-state index contributed by atoms with van der Waals surface area (Å²) in [4.78, 5) is 47.1. The zero-order valence-electron chi connectivity index (χ0n) is 17.3. The number of hydrogen-bond acceptors (Lipinski definition) is 7. The molecular weight excluding hydrogens is 424 g/mol. The monoisotopic (exact) mass is 442 g/mol. The number of nitrogens with zero attached hydrogens (tertiary/aromatic N) is 4. The van der Waals surface area contributed by atoms with Crippen molar-refractivity contribution in [2.75, 3.05) is 35.3 Å². The second-order valence-electron chi connectivity index (χ2n) is 7.00. The first-order chi connectivity index (χ1) is 16.0. The van der Waals surface area contributed by atoms with Gasteiger partial charge in [0.25, 0.3) is 17.7 Å². The lowest BCUT2D eigenvalue weighted by Crippen LogP contribution is -2.41. The molecule has 164 valence electrons. The molecule has 1 fully saturated rings. The van der Waals surface area contributed by atoms with E-state index in [0.717, 1.165) is 0 Å². The number of benzene rings is 2. The first kappa shape index (κ1) is 21.6. The smallest absolute Gasteiger partial charge is 0.276 e. The van der Waals surface area contributed by atoms with Crippen molar-refractivity contribution in [3.63, 3.8) is 0 Å². The highest BCUT2D eigenvalue weighted by Crippen LogP contribution is 2.20. The third-order valence-corrected chi connectivity index (χ3v) is 4.82. The van der Waals surface area contributed by atoms with Gasteiger partial charge in [0, 0.05) is 36.0 Å². The lowest BCUT2D eigenvalue weighted by Gasteiger charge is -2.26. The summed E-state index contributed by atoms with van der Waals surface area (Å²) in [6.45, 7) is 0.963. The Morgan fingerprint density at radius 1 is 0.909 bits per heavy atom. The number of nitriles is 1. The van der Waals surface area contributed by atoms with E-state index in [9.17, 15) is 14.4 Å². The number of aromatic nitrogens is 2. The van der Waals surface area contributed by atoms with Gasteiger partial charge in [-0.1, -0.05) is 0 Å². The van der Waals surface area contributed by atoms with Gasteiger partial charge in [-0.05, 0) is 48.5 Å². The van der Waals surface area contributed by atoms with Gasteiger partial charge in [-0.15, -0.1) is 0 Å². The molecule has 0 aliphatic carbocycles. The fourth-order valence-electron chi connectivity index (χ4n) is 3.19. The molecule has 1 aliphatic heterocycles. The lowest BCUT2D eigenvalue weighted by atomic mass is 10.2. The molecule has 10 heteroatoms. The van der Waals surface area contributed by atoms with Crippen molar-refractivity contribution in [3.05, 3.63) is 77.9 Å². The van der Waals surface area contributed by atoms with E-state index in [2.05, 4.69) is 20.6 Å². The van der Waals surface area contributed by atoms with Crippen LogP contribution in [0.4, 0.5) is 17.1 Å². The van der Waals surface area contributed by atoms with Gasteiger partial charge < -0.3 is 20.3 Å².